The molecule has 2 amide bonds. The summed E-state index contributed by atoms with van der Waals surface area (Å²) in [6.45, 7) is 16.8. The summed E-state index contributed by atoms with van der Waals surface area (Å²) in [7, 11) is 0. The highest BCUT2D eigenvalue weighted by Gasteiger charge is 2.44. The molecule has 0 radical (unpaired) electrons. The molecule has 2 unspecified atom stereocenters. The van der Waals surface area contributed by atoms with Gasteiger partial charge in [0.25, 0.3) is 11.8 Å². The van der Waals surface area contributed by atoms with Gasteiger partial charge in [0, 0.05) is 88.2 Å². The molecule has 2 atom stereocenters. The number of aryl methyl sites for hydroxylation is 2. The van der Waals surface area contributed by atoms with Gasteiger partial charge in [-0.25, -0.2) is 0 Å². The molecule has 1 aliphatic heterocycles. The lowest BCUT2D eigenvalue weighted by molar-refractivity contribution is 0.0653. The van der Waals surface area contributed by atoms with Crippen molar-refractivity contribution in [1.29, 1.82) is 0 Å². The molecule has 7 heterocycles. The van der Waals surface area contributed by atoms with Crippen LogP contribution in [0.25, 0.3) is 60.9 Å². The van der Waals surface area contributed by atoms with Gasteiger partial charge in [0.1, 0.15) is 4.88 Å². The molecule has 0 aliphatic carbocycles. The van der Waals surface area contributed by atoms with Crippen LogP contribution in [-0.2, 0) is 23.7 Å². The predicted molar refractivity (Wildman–Crippen MR) is 398 cm³/mol. The maximum Gasteiger partial charge on any atom is 0.271 e. The van der Waals surface area contributed by atoms with Crippen molar-refractivity contribution in [3.63, 3.8) is 0 Å². The van der Waals surface area contributed by atoms with E-state index in [1.807, 2.05) is 45.3 Å². The molecule has 0 fully saturated rings. The number of thiophene rings is 6. The van der Waals surface area contributed by atoms with Crippen LogP contribution in [-0.4, -0.2) is 23.3 Å². The third kappa shape index (κ3) is 15.2. The molecule has 10 rings (SSSR count). The zero-order chi connectivity index (χ0) is 62.2. The van der Waals surface area contributed by atoms with Gasteiger partial charge in [-0.2, -0.15) is 0 Å². The topological polar surface area (TPSA) is 37.4 Å². The van der Waals surface area contributed by atoms with Crippen LogP contribution >= 0.6 is 68.0 Å². The summed E-state index contributed by atoms with van der Waals surface area (Å²) in [4.78, 5) is 43.3. The number of rotatable bonds is 40. The van der Waals surface area contributed by atoms with E-state index in [2.05, 4.69) is 157 Å². The molecule has 6 aromatic heterocycles. The third-order valence-electron chi connectivity index (χ3n) is 19.6. The molecule has 476 valence electrons. The smallest absolute Gasteiger partial charge is 0.271 e. The van der Waals surface area contributed by atoms with Crippen molar-refractivity contribution in [2.24, 2.45) is 0 Å². The van der Waals surface area contributed by atoms with Crippen LogP contribution in [0.1, 0.15) is 292 Å². The van der Waals surface area contributed by atoms with Crippen LogP contribution in [0.5, 0.6) is 0 Å². The average molecular weight is 1300 g/mol. The maximum absolute atomic E-state index is 15.2. The maximum atomic E-state index is 15.2. The molecule has 3 aromatic carbocycles. The van der Waals surface area contributed by atoms with Crippen molar-refractivity contribution in [3.05, 3.63) is 138 Å². The second kappa shape index (κ2) is 33.1. The lowest BCUT2D eigenvalue weighted by Gasteiger charge is -2.34. The Labute approximate surface area is 560 Å². The molecule has 89 heavy (non-hydrogen) atoms. The van der Waals surface area contributed by atoms with Crippen LogP contribution < -0.4 is 0 Å². The highest BCUT2D eigenvalue weighted by atomic mass is 32.1. The van der Waals surface area contributed by atoms with E-state index in [9.17, 15) is 4.79 Å². The Bertz CT molecular complexity index is 3680. The number of carbonyl (C=O) groups is 2. The number of nitrogens with zero attached hydrogens (tertiary/aromatic N) is 1. The van der Waals surface area contributed by atoms with Crippen molar-refractivity contribution in [1.82, 2.24) is 4.90 Å². The number of amides is 2. The molecule has 0 saturated carbocycles. The zero-order valence-electron chi connectivity index (χ0n) is 55.3. The van der Waals surface area contributed by atoms with E-state index < -0.39 is 0 Å². The minimum absolute atomic E-state index is 0.0870. The Balaban J connectivity index is 1.21. The average Bonchev–Trinajstić information content (AvgIpc) is 1.56. The second-order valence-corrected chi connectivity index (χ2v) is 32.8. The lowest BCUT2D eigenvalue weighted by Crippen LogP contribution is -2.31. The Morgan fingerprint density at radius 3 is 1.44 bits per heavy atom. The molecule has 9 heteroatoms. The lowest BCUT2D eigenvalue weighted by atomic mass is 9.71. The molecule has 0 saturated heterocycles. The fraction of sp³-hybridized carbons (Fsp3) is 0.525. The normalized spacial score (nSPS) is 14.1. The summed E-state index contributed by atoms with van der Waals surface area (Å²) >= 11 is 11.7. The van der Waals surface area contributed by atoms with E-state index in [4.69, 9.17) is 0 Å². The van der Waals surface area contributed by atoms with Crippen molar-refractivity contribution >= 4 is 110 Å². The Morgan fingerprint density at radius 2 is 0.865 bits per heavy atom. The van der Waals surface area contributed by atoms with Gasteiger partial charge >= 0.3 is 0 Å². The Morgan fingerprint density at radius 1 is 0.382 bits per heavy atom. The van der Waals surface area contributed by atoms with Gasteiger partial charge < -0.3 is 0 Å². The number of unbranched alkanes of at least 4 members (excludes halogenated alkanes) is 21. The van der Waals surface area contributed by atoms with E-state index in [0.29, 0.717) is 17.0 Å². The van der Waals surface area contributed by atoms with Gasteiger partial charge in [0.2, 0.25) is 0 Å². The Hall–Kier alpha value is -4.22. The van der Waals surface area contributed by atoms with Crippen molar-refractivity contribution in [2.75, 3.05) is 6.54 Å². The van der Waals surface area contributed by atoms with Gasteiger partial charge in [0.05, 0.1) is 15.1 Å². The number of hydrogen-bond acceptors (Lipinski definition) is 8. The number of benzene rings is 3. The van der Waals surface area contributed by atoms with Gasteiger partial charge in [-0.3, -0.25) is 14.5 Å². The zero-order valence-corrected chi connectivity index (χ0v) is 60.2. The molecule has 0 bridgehead atoms. The minimum Gasteiger partial charge on any atom is -0.274 e. The standard InChI is InChI=1S/C80H103NO2S6/c1-8-14-20-23-26-28-37-46-60-48-50-64(85-60)68-62-56-66(80(52-19-13-6,53-39-18-12-5)58-43-34-31-35-44-58)87-72(62)67(63-49-47-59(84-63)45-36-27-24-21-15-9-2)61-55-65(86-71(61)68)73-74-69(76(89-73)79(7,51-38-17-11-4)57-41-32-30-33-42-57)70-75(88-74)78(83)81(77(70)82)54-40-29-25-22-16-10-3/h30-35,41-44,47-50,55-56H,8-29,36-40,45-46,51-54H2,1-7H3. The number of fused-ring (bicyclic) bond motifs is 5. The fourth-order valence-electron chi connectivity index (χ4n) is 14.4. The van der Waals surface area contributed by atoms with E-state index in [0.717, 1.165) is 80.7 Å². The van der Waals surface area contributed by atoms with Gasteiger partial charge in [0.15, 0.2) is 0 Å². The molecule has 1 aliphatic rings. The molecule has 3 nitrogen and oxygen atoms in total. The SMILES string of the molecule is CCCCCCCCCc1ccc(-c2c3cc(C(CCCC)(CCCCC)c4ccccc4)sc3c(-c3ccc(CCCCCCCC)s3)c3cc(-c4sc(C(C)(CCCCC)c5ccccc5)c5c6c(sc45)C(=O)N(CCCCCCCC)C6=O)sc23)s1. The summed E-state index contributed by atoms with van der Waals surface area (Å²) in [5.74, 6) is -0.179. The van der Waals surface area contributed by atoms with E-state index >= 15 is 4.79 Å². The minimum atomic E-state index is -0.374. The van der Waals surface area contributed by atoms with Crippen LogP contribution in [0.4, 0.5) is 0 Å². The first-order valence-corrected chi connectivity index (χ1v) is 40.3. The number of hydrogen-bond donors (Lipinski definition) is 0. The molecule has 9 aromatic rings. The van der Waals surface area contributed by atoms with Gasteiger partial charge in [-0.1, -0.05) is 263 Å². The van der Waals surface area contributed by atoms with Crippen LogP contribution in [0.3, 0.4) is 0 Å². The second-order valence-electron chi connectivity index (χ2n) is 26.3. The number of carbonyl (C=O) groups excluding carboxylic acids is 2. The fourth-order valence-corrected chi connectivity index (χ4v) is 22.6. The van der Waals surface area contributed by atoms with Crippen LogP contribution in [0.2, 0.25) is 0 Å². The predicted octanol–water partition coefficient (Wildman–Crippen LogP) is 27.6. The highest BCUT2D eigenvalue weighted by molar-refractivity contribution is 7.32. The van der Waals surface area contributed by atoms with Gasteiger partial charge in [-0.15, -0.1) is 68.0 Å². The van der Waals surface area contributed by atoms with Crippen molar-refractivity contribution in [2.45, 2.75) is 265 Å². The van der Waals surface area contributed by atoms with Crippen molar-refractivity contribution in [3.8, 4) is 30.6 Å². The first-order chi connectivity index (χ1) is 43.6. The molecule has 0 spiro atoms. The van der Waals surface area contributed by atoms with Crippen LogP contribution in [0, 0.1) is 0 Å². The summed E-state index contributed by atoms with van der Waals surface area (Å²) in [5.41, 5.74) is 5.74. The van der Waals surface area contributed by atoms with E-state index in [1.165, 1.54) is 216 Å². The number of imide groups is 1. The summed E-state index contributed by atoms with van der Waals surface area (Å²) in [5, 5.41) is 3.79. The first-order valence-electron chi connectivity index (χ1n) is 35.4. The van der Waals surface area contributed by atoms with E-state index in [1.54, 1.807) is 16.2 Å². The largest absolute Gasteiger partial charge is 0.274 e. The summed E-state index contributed by atoms with van der Waals surface area (Å²) in [6.07, 6.45) is 38.5. The highest BCUT2D eigenvalue weighted by Crippen LogP contribution is 2.60. The summed E-state index contributed by atoms with van der Waals surface area (Å²) in [6, 6.07) is 38.0. The van der Waals surface area contributed by atoms with Gasteiger partial charge in [-0.05, 0) is 98.9 Å². The monoisotopic (exact) mass is 1300 g/mol. The van der Waals surface area contributed by atoms with E-state index in [-0.39, 0.29) is 22.6 Å². The first kappa shape index (κ1) is 67.7. The molecule has 0 N–H and O–H groups in total. The quantitative estimate of drug-likeness (QED) is 0.0284. The Kier molecular flexibility index (Phi) is 25.1. The third-order valence-corrected chi connectivity index (χ3v) is 27.4. The molecular weight excluding hydrogens is 1200 g/mol. The molecular formula is C80H103NO2S6. The van der Waals surface area contributed by atoms with Crippen molar-refractivity contribution < 1.29 is 9.59 Å². The van der Waals surface area contributed by atoms with Crippen LogP contribution in [0.15, 0.2) is 97.1 Å². The summed E-state index contributed by atoms with van der Waals surface area (Å²) < 4.78 is 3.91.